The average Bonchev–Trinajstić information content (AvgIpc) is 2.50. The van der Waals surface area contributed by atoms with Crippen molar-refractivity contribution in [2.75, 3.05) is 7.11 Å². The summed E-state index contributed by atoms with van der Waals surface area (Å²) >= 11 is 0.736. The zero-order valence-corrected chi connectivity index (χ0v) is 8.39. The van der Waals surface area contributed by atoms with Crippen LogP contribution < -0.4 is 0 Å². The van der Waals surface area contributed by atoms with Gasteiger partial charge in [-0.3, -0.25) is 4.55 Å². The fraction of sp³-hybridized carbons (Fsp3) is 0.500. The standard InChI is InChI=1S/C6H8O5S2/c1-11-5(7)6(13(8,9)10)3-2-4-12-6/h2,4H,3H2,1H3,(H,8,9,10). The summed E-state index contributed by atoms with van der Waals surface area (Å²) in [4.78, 5) is 11.2. The van der Waals surface area contributed by atoms with Crippen molar-refractivity contribution in [2.45, 2.75) is 10.5 Å². The molecule has 0 fully saturated rings. The molecule has 1 atom stereocenters. The maximum atomic E-state index is 11.2. The van der Waals surface area contributed by atoms with Gasteiger partial charge < -0.3 is 4.74 Å². The van der Waals surface area contributed by atoms with Crippen molar-refractivity contribution in [1.82, 2.24) is 0 Å². The van der Waals surface area contributed by atoms with Crippen LogP contribution in [0.15, 0.2) is 11.5 Å². The van der Waals surface area contributed by atoms with Gasteiger partial charge >= 0.3 is 5.97 Å². The zero-order valence-electron chi connectivity index (χ0n) is 6.76. The molecule has 0 saturated heterocycles. The van der Waals surface area contributed by atoms with Crippen molar-refractivity contribution in [3.05, 3.63) is 11.5 Å². The quantitative estimate of drug-likeness (QED) is 0.540. The van der Waals surface area contributed by atoms with E-state index in [1.807, 2.05) is 0 Å². The molecule has 0 spiro atoms. The van der Waals surface area contributed by atoms with Gasteiger partial charge in [0.2, 0.25) is 4.08 Å². The fourth-order valence-corrected chi connectivity index (χ4v) is 3.01. The van der Waals surface area contributed by atoms with E-state index in [4.69, 9.17) is 4.55 Å². The average molecular weight is 224 g/mol. The summed E-state index contributed by atoms with van der Waals surface area (Å²) in [5.41, 5.74) is 0. The zero-order chi connectivity index (χ0) is 10.1. The molecule has 1 rings (SSSR count). The second-order valence-electron chi connectivity index (χ2n) is 2.41. The largest absolute Gasteiger partial charge is 0.467 e. The van der Waals surface area contributed by atoms with E-state index < -0.39 is 20.2 Å². The smallest absolute Gasteiger partial charge is 0.340 e. The summed E-state index contributed by atoms with van der Waals surface area (Å²) in [6.45, 7) is 0. The summed E-state index contributed by atoms with van der Waals surface area (Å²) in [6.07, 6.45) is 1.43. The van der Waals surface area contributed by atoms with Gasteiger partial charge in [0.25, 0.3) is 10.1 Å². The Morgan fingerprint density at radius 3 is 2.62 bits per heavy atom. The molecule has 0 saturated carbocycles. The molecule has 0 aromatic heterocycles. The number of thioether (sulfide) groups is 1. The molecule has 0 bridgehead atoms. The molecule has 0 aliphatic carbocycles. The van der Waals surface area contributed by atoms with Crippen LogP contribution in [0.2, 0.25) is 0 Å². The SMILES string of the molecule is COC(=O)C1(S(=O)(=O)O)CC=CS1. The number of hydrogen-bond acceptors (Lipinski definition) is 5. The lowest BCUT2D eigenvalue weighted by molar-refractivity contribution is -0.141. The van der Waals surface area contributed by atoms with Crippen molar-refractivity contribution in [2.24, 2.45) is 0 Å². The van der Waals surface area contributed by atoms with Gasteiger partial charge in [0.15, 0.2) is 0 Å². The minimum absolute atomic E-state index is 0.0663. The van der Waals surface area contributed by atoms with Crippen molar-refractivity contribution in [3.63, 3.8) is 0 Å². The summed E-state index contributed by atoms with van der Waals surface area (Å²) < 4.78 is 33.2. The number of carbonyl (C=O) groups is 1. The minimum atomic E-state index is -4.45. The molecular weight excluding hydrogens is 216 g/mol. The lowest BCUT2D eigenvalue weighted by Gasteiger charge is -2.20. The third-order valence-electron chi connectivity index (χ3n) is 1.65. The molecule has 1 N–H and O–H groups in total. The van der Waals surface area contributed by atoms with Crippen LogP contribution in [0.5, 0.6) is 0 Å². The number of allylic oxidation sites excluding steroid dienone is 1. The van der Waals surface area contributed by atoms with Gasteiger partial charge in [0, 0.05) is 6.42 Å². The van der Waals surface area contributed by atoms with E-state index in [1.54, 1.807) is 0 Å². The predicted octanol–water partition coefficient (Wildman–Crippen LogP) is 0.394. The first-order valence-electron chi connectivity index (χ1n) is 3.32. The summed E-state index contributed by atoms with van der Waals surface area (Å²) in [6, 6.07) is 0. The Morgan fingerprint density at radius 1 is 1.69 bits per heavy atom. The maximum Gasteiger partial charge on any atom is 0.340 e. The first kappa shape index (κ1) is 10.6. The van der Waals surface area contributed by atoms with E-state index in [2.05, 4.69) is 4.74 Å². The number of ether oxygens (including phenoxy) is 1. The van der Waals surface area contributed by atoms with Crippen LogP contribution in [0.3, 0.4) is 0 Å². The number of rotatable bonds is 2. The highest BCUT2D eigenvalue weighted by Gasteiger charge is 2.52. The molecule has 74 valence electrons. The van der Waals surface area contributed by atoms with Crippen LogP contribution in [0, 0.1) is 0 Å². The van der Waals surface area contributed by atoms with Crippen LogP contribution in [-0.4, -0.2) is 30.1 Å². The van der Waals surface area contributed by atoms with Gasteiger partial charge in [0.1, 0.15) is 0 Å². The van der Waals surface area contributed by atoms with E-state index in [0.717, 1.165) is 18.9 Å². The van der Waals surface area contributed by atoms with E-state index in [1.165, 1.54) is 11.5 Å². The third kappa shape index (κ3) is 1.59. The number of hydrogen-bond donors (Lipinski definition) is 1. The van der Waals surface area contributed by atoms with Gasteiger partial charge in [-0.25, -0.2) is 4.79 Å². The Balaban J connectivity index is 3.11. The van der Waals surface area contributed by atoms with Crippen LogP contribution in [-0.2, 0) is 19.6 Å². The third-order valence-corrected chi connectivity index (χ3v) is 4.78. The van der Waals surface area contributed by atoms with Gasteiger partial charge in [-0.2, -0.15) is 8.42 Å². The van der Waals surface area contributed by atoms with Crippen molar-refractivity contribution >= 4 is 27.8 Å². The lowest BCUT2D eigenvalue weighted by Crippen LogP contribution is -2.41. The van der Waals surface area contributed by atoms with Crippen LogP contribution in [0.25, 0.3) is 0 Å². The topological polar surface area (TPSA) is 80.7 Å². The monoisotopic (exact) mass is 224 g/mol. The molecule has 13 heavy (non-hydrogen) atoms. The molecule has 7 heteroatoms. The van der Waals surface area contributed by atoms with Gasteiger partial charge in [-0.15, -0.1) is 0 Å². The number of esters is 1. The Bertz CT molecular complexity index is 334. The molecule has 5 nitrogen and oxygen atoms in total. The molecule has 1 heterocycles. The van der Waals surface area contributed by atoms with Gasteiger partial charge in [-0.05, 0) is 5.41 Å². The fourth-order valence-electron chi connectivity index (χ4n) is 0.968. The highest BCUT2D eigenvalue weighted by molar-refractivity contribution is 8.16. The summed E-state index contributed by atoms with van der Waals surface area (Å²) in [7, 11) is -3.37. The second kappa shape index (κ2) is 3.32. The van der Waals surface area contributed by atoms with E-state index in [0.29, 0.717) is 0 Å². The van der Waals surface area contributed by atoms with E-state index in [-0.39, 0.29) is 6.42 Å². The molecule has 0 aromatic rings. The van der Waals surface area contributed by atoms with E-state index >= 15 is 0 Å². The van der Waals surface area contributed by atoms with Crippen molar-refractivity contribution in [1.29, 1.82) is 0 Å². The predicted molar refractivity (Wildman–Crippen MR) is 47.6 cm³/mol. The van der Waals surface area contributed by atoms with Gasteiger partial charge in [-0.1, -0.05) is 17.8 Å². The number of methoxy groups -OCH3 is 1. The number of carbonyl (C=O) groups excluding carboxylic acids is 1. The molecule has 0 amide bonds. The van der Waals surface area contributed by atoms with Crippen molar-refractivity contribution in [3.8, 4) is 0 Å². The van der Waals surface area contributed by atoms with Crippen molar-refractivity contribution < 1.29 is 22.5 Å². The van der Waals surface area contributed by atoms with Crippen LogP contribution in [0.1, 0.15) is 6.42 Å². The Morgan fingerprint density at radius 2 is 2.31 bits per heavy atom. The van der Waals surface area contributed by atoms with Crippen LogP contribution >= 0.6 is 11.8 Å². The van der Waals surface area contributed by atoms with Crippen LogP contribution in [0.4, 0.5) is 0 Å². The maximum absolute atomic E-state index is 11.2. The molecule has 1 aliphatic rings. The van der Waals surface area contributed by atoms with E-state index in [9.17, 15) is 13.2 Å². The van der Waals surface area contributed by atoms with Gasteiger partial charge in [0.05, 0.1) is 7.11 Å². The molecule has 0 radical (unpaired) electrons. The lowest BCUT2D eigenvalue weighted by atomic mass is 10.3. The highest BCUT2D eigenvalue weighted by Crippen LogP contribution is 2.41. The first-order chi connectivity index (χ1) is 5.94. The first-order valence-corrected chi connectivity index (χ1v) is 5.64. The minimum Gasteiger partial charge on any atom is -0.467 e. The molecule has 0 aromatic carbocycles. The summed E-state index contributed by atoms with van der Waals surface area (Å²) in [5, 5.41) is 1.45. The Kier molecular flexibility index (Phi) is 2.69. The summed E-state index contributed by atoms with van der Waals surface area (Å²) in [5.74, 6) is -0.954. The Hall–Kier alpha value is -0.530. The molecular formula is C6H8O5S2. The Labute approximate surface area is 79.9 Å². The molecule has 1 aliphatic heterocycles. The normalized spacial score (nSPS) is 27.5. The second-order valence-corrected chi connectivity index (χ2v) is 5.52. The highest BCUT2D eigenvalue weighted by atomic mass is 32.3. The molecule has 1 unspecified atom stereocenters.